The molecule has 1 aromatic rings. The van der Waals surface area contributed by atoms with Crippen molar-refractivity contribution in [2.24, 2.45) is 0 Å². The van der Waals surface area contributed by atoms with Crippen LogP contribution in [-0.2, 0) is 6.54 Å². The first-order valence-corrected chi connectivity index (χ1v) is 5.63. The lowest BCUT2D eigenvalue weighted by Gasteiger charge is -2.13. The van der Waals surface area contributed by atoms with Gasteiger partial charge < -0.3 is 9.88 Å². The standard InChI is InChI=1S/C12H20N2O/c1-3-8-13-11(2)7-10-14-9-5-4-6-12(14)15/h4-6,9,11,13H,3,7-8,10H2,1-2H3. The van der Waals surface area contributed by atoms with Gasteiger partial charge in [-0.3, -0.25) is 4.79 Å². The molecule has 15 heavy (non-hydrogen) atoms. The molecule has 1 heterocycles. The van der Waals surface area contributed by atoms with Crippen molar-refractivity contribution in [2.45, 2.75) is 39.3 Å². The summed E-state index contributed by atoms with van der Waals surface area (Å²) in [5, 5.41) is 3.41. The summed E-state index contributed by atoms with van der Waals surface area (Å²) in [5.74, 6) is 0. The van der Waals surface area contributed by atoms with E-state index in [1.807, 2.05) is 12.3 Å². The number of hydrogen-bond acceptors (Lipinski definition) is 2. The second-order valence-corrected chi connectivity index (χ2v) is 3.88. The molecular weight excluding hydrogens is 188 g/mol. The van der Waals surface area contributed by atoms with Gasteiger partial charge in [0, 0.05) is 24.8 Å². The highest BCUT2D eigenvalue weighted by atomic mass is 16.1. The fourth-order valence-corrected chi connectivity index (χ4v) is 1.47. The Balaban J connectivity index is 2.37. The lowest BCUT2D eigenvalue weighted by molar-refractivity contribution is 0.471. The van der Waals surface area contributed by atoms with E-state index in [9.17, 15) is 4.79 Å². The first-order valence-electron chi connectivity index (χ1n) is 5.63. The predicted molar refractivity (Wildman–Crippen MR) is 63.1 cm³/mol. The summed E-state index contributed by atoms with van der Waals surface area (Å²) >= 11 is 0. The first-order chi connectivity index (χ1) is 7.24. The fourth-order valence-electron chi connectivity index (χ4n) is 1.47. The Morgan fingerprint density at radius 2 is 2.27 bits per heavy atom. The minimum absolute atomic E-state index is 0.0835. The van der Waals surface area contributed by atoms with E-state index in [0.717, 1.165) is 25.9 Å². The highest BCUT2D eigenvalue weighted by Gasteiger charge is 2.01. The number of nitrogens with zero attached hydrogens (tertiary/aromatic N) is 1. The van der Waals surface area contributed by atoms with Crippen molar-refractivity contribution in [3.05, 3.63) is 34.7 Å². The van der Waals surface area contributed by atoms with Gasteiger partial charge in [0.1, 0.15) is 0 Å². The van der Waals surface area contributed by atoms with E-state index in [2.05, 4.69) is 19.2 Å². The molecule has 1 rings (SSSR count). The van der Waals surface area contributed by atoms with Gasteiger partial charge in [-0.15, -0.1) is 0 Å². The van der Waals surface area contributed by atoms with Gasteiger partial charge in [0.25, 0.3) is 0 Å². The summed E-state index contributed by atoms with van der Waals surface area (Å²) in [5.41, 5.74) is 0.0835. The third-order valence-electron chi connectivity index (χ3n) is 2.44. The van der Waals surface area contributed by atoms with E-state index in [1.165, 1.54) is 0 Å². The number of aromatic nitrogens is 1. The van der Waals surface area contributed by atoms with Crippen LogP contribution in [0, 0.1) is 0 Å². The number of pyridine rings is 1. The molecule has 0 amide bonds. The van der Waals surface area contributed by atoms with Crippen LogP contribution in [0.1, 0.15) is 26.7 Å². The van der Waals surface area contributed by atoms with Gasteiger partial charge in [-0.05, 0) is 32.4 Å². The van der Waals surface area contributed by atoms with Gasteiger partial charge in [0.05, 0.1) is 0 Å². The molecule has 0 fully saturated rings. The van der Waals surface area contributed by atoms with Gasteiger partial charge in [-0.1, -0.05) is 13.0 Å². The third kappa shape index (κ3) is 4.30. The number of aryl methyl sites for hydroxylation is 1. The Morgan fingerprint density at radius 3 is 2.93 bits per heavy atom. The van der Waals surface area contributed by atoms with Crippen LogP contribution >= 0.6 is 0 Å². The van der Waals surface area contributed by atoms with Gasteiger partial charge >= 0.3 is 0 Å². The van der Waals surface area contributed by atoms with Crippen molar-refractivity contribution in [1.82, 2.24) is 9.88 Å². The Kier molecular flexibility index (Phi) is 5.12. The van der Waals surface area contributed by atoms with E-state index in [4.69, 9.17) is 0 Å². The molecule has 0 spiro atoms. The van der Waals surface area contributed by atoms with E-state index in [-0.39, 0.29) is 5.56 Å². The van der Waals surface area contributed by atoms with Crippen molar-refractivity contribution in [2.75, 3.05) is 6.54 Å². The van der Waals surface area contributed by atoms with Crippen molar-refractivity contribution in [3.63, 3.8) is 0 Å². The van der Waals surface area contributed by atoms with Gasteiger partial charge in [0.2, 0.25) is 5.56 Å². The maximum Gasteiger partial charge on any atom is 0.250 e. The molecule has 0 aliphatic carbocycles. The largest absolute Gasteiger partial charge is 0.315 e. The summed E-state index contributed by atoms with van der Waals surface area (Å²) < 4.78 is 1.75. The third-order valence-corrected chi connectivity index (χ3v) is 2.44. The molecule has 0 aliphatic rings. The van der Waals surface area contributed by atoms with Crippen molar-refractivity contribution >= 4 is 0 Å². The zero-order valence-electron chi connectivity index (χ0n) is 9.57. The fraction of sp³-hybridized carbons (Fsp3) is 0.583. The highest BCUT2D eigenvalue weighted by Crippen LogP contribution is 1.94. The summed E-state index contributed by atoms with van der Waals surface area (Å²) in [6, 6.07) is 5.74. The minimum atomic E-state index is 0.0835. The van der Waals surface area contributed by atoms with Crippen LogP contribution in [0.3, 0.4) is 0 Å². The quantitative estimate of drug-likeness (QED) is 0.771. The zero-order chi connectivity index (χ0) is 11.1. The summed E-state index contributed by atoms with van der Waals surface area (Å²) in [6.07, 6.45) is 3.98. The average molecular weight is 208 g/mol. The molecular formula is C12H20N2O. The molecule has 1 atom stereocenters. The van der Waals surface area contributed by atoms with Gasteiger partial charge in [-0.2, -0.15) is 0 Å². The normalized spacial score (nSPS) is 12.7. The molecule has 0 aromatic carbocycles. The summed E-state index contributed by atoms with van der Waals surface area (Å²) in [4.78, 5) is 11.4. The van der Waals surface area contributed by atoms with Crippen molar-refractivity contribution < 1.29 is 0 Å². The molecule has 84 valence electrons. The van der Waals surface area contributed by atoms with Crippen LogP contribution in [0.2, 0.25) is 0 Å². The average Bonchev–Trinajstić information content (AvgIpc) is 2.25. The molecule has 0 saturated heterocycles. The molecule has 0 aliphatic heterocycles. The van der Waals surface area contributed by atoms with Crippen LogP contribution in [0.5, 0.6) is 0 Å². The lowest BCUT2D eigenvalue weighted by atomic mass is 10.2. The first kappa shape index (κ1) is 12.0. The van der Waals surface area contributed by atoms with Crippen LogP contribution in [0.25, 0.3) is 0 Å². The number of rotatable bonds is 6. The van der Waals surface area contributed by atoms with Crippen molar-refractivity contribution in [1.29, 1.82) is 0 Å². The monoisotopic (exact) mass is 208 g/mol. The van der Waals surface area contributed by atoms with Crippen LogP contribution in [0.15, 0.2) is 29.2 Å². The van der Waals surface area contributed by atoms with E-state index >= 15 is 0 Å². The molecule has 1 N–H and O–H groups in total. The van der Waals surface area contributed by atoms with Crippen molar-refractivity contribution in [3.8, 4) is 0 Å². The van der Waals surface area contributed by atoms with E-state index in [1.54, 1.807) is 16.7 Å². The Hall–Kier alpha value is -1.09. The molecule has 3 nitrogen and oxygen atoms in total. The molecule has 1 aromatic heterocycles. The zero-order valence-corrected chi connectivity index (χ0v) is 9.57. The van der Waals surface area contributed by atoms with E-state index in [0.29, 0.717) is 6.04 Å². The second-order valence-electron chi connectivity index (χ2n) is 3.88. The van der Waals surface area contributed by atoms with Crippen LogP contribution < -0.4 is 10.9 Å². The summed E-state index contributed by atoms with van der Waals surface area (Å²) in [7, 11) is 0. The molecule has 1 unspecified atom stereocenters. The minimum Gasteiger partial charge on any atom is -0.315 e. The molecule has 0 saturated carbocycles. The SMILES string of the molecule is CCCNC(C)CCn1ccccc1=O. The predicted octanol–water partition coefficient (Wildman–Crippen LogP) is 1.63. The maximum absolute atomic E-state index is 11.4. The molecule has 0 radical (unpaired) electrons. The Bertz CT molecular complexity index is 332. The lowest BCUT2D eigenvalue weighted by Crippen LogP contribution is -2.29. The molecule has 0 bridgehead atoms. The smallest absolute Gasteiger partial charge is 0.250 e. The molecule has 3 heteroatoms. The van der Waals surface area contributed by atoms with Gasteiger partial charge in [0.15, 0.2) is 0 Å². The van der Waals surface area contributed by atoms with Crippen LogP contribution in [-0.4, -0.2) is 17.2 Å². The number of hydrogen-bond donors (Lipinski definition) is 1. The van der Waals surface area contributed by atoms with Crippen LogP contribution in [0.4, 0.5) is 0 Å². The van der Waals surface area contributed by atoms with E-state index < -0.39 is 0 Å². The Labute approximate surface area is 91.1 Å². The number of nitrogens with one attached hydrogen (secondary N) is 1. The second kappa shape index (κ2) is 6.40. The topological polar surface area (TPSA) is 34.0 Å². The van der Waals surface area contributed by atoms with Gasteiger partial charge in [-0.25, -0.2) is 0 Å². The Morgan fingerprint density at radius 1 is 1.47 bits per heavy atom. The summed E-state index contributed by atoms with van der Waals surface area (Å²) in [6.45, 7) is 6.15. The maximum atomic E-state index is 11.4. The highest BCUT2D eigenvalue weighted by molar-refractivity contribution is 4.93.